The minimum Gasteiger partial charge on any atom is -0.489 e. The fourth-order valence-corrected chi connectivity index (χ4v) is 4.99. The number of rotatable bonds is 6. The van der Waals surface area contributed by atoms with Crippen LogP contribution in [0, 0.1) is 10.1 Å². The number of nitro groups is 1. The average Bonchev–Trinajstić information content (AvgIpc) is 3.29. The van der Waals surface area contributed by atoms with E-state index in [9.17, 15) is 14.9 Å². The summed E-state index contributed by atoms with van der Waals surface area (Å²) < 4.78 is 5.78. The third-order valence-corrected chi connectivity index (χ3v) is 7.06. The number of non-ortho nitro benzene ring substituents is 1. The zero-order valence-corrected chi connectivity index (χ0v) is 20.3. The Labute approximate surface area is 213 Å². The minimum absolute atomic E-state index is 0.0528. The third-order valence-electron chi connectivity index (χ3n) is 6.01. The molecule has 0 unspecified atom stereocenters. The van der Waals surface area contributed by atoms with E-state index in [-0.39, 0.29) is 11.6 Å². The van der Waals surface area contributed by atoms with Crippen LogP contribution in [0.3, 0.4) is 0 Å². The van der Waals surface area contributed by atoms with Crippen molar-refractivity contribution < 1.29 is 14.5 Å². The molecule has 0 aromatic heterocycles. The van der Waals surface area contributed by atoms with Crippen LogP contribution < -0.4 is 9.64 Å². The molecule has 5 rings (SSSR count). The average molecular weight is 501 g/mol. The number of nitrogens with zero attached hydrogens (tertiary/aromatic N) is 4. The van der Waals surface area contributed by atoms with Crippen molar-refractivity contribution in [2.45, 2.75) is 6.61 Å². The number of carbonyl (C=O) groups excluding carboxylic acids is 1. The molecule has 8 nitrogen and oxygen atoms in total. The Bertz CT molecular complexity index is 1300. The molecular weight excluding hydrogens is 476 g/mol. The molecule has 0 N–H and O–H groups in total. The van der Waals surface area contributed by atoms with Crippen LogP contribution in [0.5, 0.6) is 5.75 Å². The quantitative estimate of drug-likeness (QED) is 0.268. The molecule has 0 spiro atoms. The van der Waals surface area contributed by atoms with Crippen LogP contribution >= 0.6 is 11.8 Å². The summed E-state index contributed by atoms with van der Waals surface area (Å²) in [5, 5.41) is 11.5. The Hall–Kier alpha value is -4.11. The monoisotopic (exact) mass is 500 g/mol. The van der Waals surface area contributed by atoms with Crippen LogP contribution in [0.15, 0.2) is 88.8 Å². The summed E-state index contributed by atoms with van der Waals surface area (Å²) in [6.45, 7) is 3.72. The van der Waals surface area contributed by atoms with Crippen molar-refractivity contribution in [3.05, 3.63) is 105 Å². The second kappa shape index (κ2) is 10.7. The maximum Gasteiger partial charge on any atom is 0.286 e. The van der Waals surface area contributed by atoms with Crippen LogP contribution in [0.4, 0.5) is 11.4 Å². The fourth-order valence-electron chi connectivity index (χ4n) is 4.02. The standard InChI is InChI=1S/C27H24N4O4S/c32-26-25(36-27(28-26)30-16-14-29(15-17-30)22-4-2-1-3-5-22)18-20-8-12-24(13-9-20)35-19-21-6-10-23(11-7-21)31(33)34/h1-13,18H,14-17,19H2. The Balaban J connectivity index is 1.14. The van der Waals surface area contributed by atoms with E-state index < -0.39 is 4.92 Å². The van der Waals surface area contributed by atoms with Gasteiger partial charge in [0.1, 0.15) is 12.4 Å². The zero-order valence-electron chi connectivity index (χ0n) is 19.4. The predicted molar refractivity (Wildman–Crippen MR) is 142 cm³/mol. The number of hydrogen-bond acceptors (Lipinski definition) is 7. The smallest absolute Gasteiger partial charge is 0.286 e. The summed E-state index contributed by atoms with van der Waals surface area (Å²) in [7, 11) is 0. The van der Waals surface area contributed by atoms with Gasteiger partial charge in [0.25, 0.3) is 11.6 Å². The van der Waals surface area contributed by atoms with Gasteiger partial charge in [-0.05, 0) is 65.4 Å². The van der Waals surface area contributed by atoms with Crippen LogP contribution in [-0.2, 0) is 11.4 Å². The number of piperazine rings is 1. The molecule has 1 saturated heterocycles. The first-order chi connectivity index (χ1) is 17.5. The largest absolute Gasteiger partial charge is 0.489 e. The van der Waals surface area contributed by atoms with Gasteiger partial charge in [-0.15, -0.1) is 0 Å². The fraction of sp³-hybridized carbons (Fsp3) is 0.185. The van der Waals surface area contributed by atoms with Crippen LogP contribution in [0.1, 0.15) is 11.1 Å². The number of benzene rings is 3. The zero-order chi connectivity index (χ0) is 24.9. The van der Waals surface area contributed by atoms with Gasteiger partial charge < -0.3 is 14.5 Å². The Morgan fingerprint density at radius 1 is 0.917 bits per heavy atom. The molecule has 3 aromatic carbocycles. The van der Waals surface area contributed by atoms with Crippen molar-refractivity contribution in [2.24, 2.45) is 4.99 Å². The number of anilines is 1. The second-order valence-electron chi connectivity index (χ2n) is 8.40. The number of amidine groups is 1. The molecule has 3 aromatic rings. The maximum atomic E-state index is 12.5. The third kappa shape index (κ3) is 5.58. The van der Waals surface area contributed by atoms with E-state index >= 15 is 0 Å². The first-order valence-corrected chi connectivity index (χ1v) is 12.4. The molecule has 0 bridgehead atoms. The molecule has 1 amide bonds. The van der Waals surface area contributed by atoms with Crippen LogP contribution in [0.25, 0.3) is 6.08 Å². The van der Waals surface area contributed by atoms with Gasteiger partial charge in [0.15, 0.2) is 5.17 Å². The van der Waals surface area contributed by atoms with E-state index in [2.05, 4.69) is 26.9 Å². The van der Waals surface area contributed by atoms with E-state index in [1.807, 2.05) is 48.5 Å². The summed E-state index contributed by atoms with van der Waals surface area (Å²) in [4.78, 5) is 32.3. The number of hydrogen-bond donors (Lipinski definition) is 0. The van der Waals surface area contributed by atoms with Gasteiger partial charge in [-0.3, -0.25) is 14.9 Å². The first kappa shape index (κ1) is 23.6. The van der Waals surface area contributed by atoms with Crippen LogP contribution in [0.2, 0.25) is 0 Å². The number of carbonyl (C=O) groups is 1. The van der Waals surface area contributed by atoms with Crippen molar-refractivity contribution in [3.8, 4) is 5.75 Å². The maximum absolute atomic E-state index is 12.5. The molecule has 0 aliphatic carbocycles. The van der Waals surface area contributed by atoms with Crippen LogP contribution in [-0.4, -0.2) is 47.1 Å². The van der Waals surface area contributed by atoms with Crippen molar-refractivity contribution in [3.63, 3.8) is 0 Å². The summed E-state index contributed by atoms with van der Waals surface area (Å²) in [5.41, 5.74) is 3.00. The van der Waals surface area contributed by atoms with Gasteiger partial charge in [-0.2, -0.15) is 4.99 Å². The van der Waals surface area contributed by atoms with E-state index in [4.69, 9.17) is 4.74 Å². The summed E-state index contributed by atoms with van der Waals surface area (Å²) in [6.07, 6.45) is 1.85. The number of nitro benzene ring substituents is 1. The van der Waals surface area contributed by atoms with Gasteiger partial charge >= 0.3 is 0 Å². The number of para-hydroxylation sites is 1. The van der Waals surface area contributed by atoms with E-state index in [1.54, 1.807) is 12.1 Å². The van der Waals surface area contributed by atoms with Gasteiger partial charge in [0.2, 0.25) is 0 Å². The number of aliphatic imine (C=N–C) groups is 1. The first-order valence-electron chi connectivity index (χ1n) is 11.6. The highest BCUT2D eigenvalue weighted by Gasteiger charge is 2.28. The van der Waals surface area contributed by atoms with Gasteiger partial charge in [0.05, 0.1) is 9.83 Å². The Morgan fingerprint density at radius 3 is 2.25 bits per heavy atom. The number of thioether (sulfide) groups is 1. The molecule has 9 heteroatoms. The molecule has 2 heterocycles. The lowest BCUT2D eigenvalue weighted by Crippen LogP contribution is -2.47. The highest BCUT2D eigenvalue weighted by Crippen LogP contribution is 2.31. The van der Waals surface area contributed by atoms with E-state index in [1.165, 1.54) is 29.6 Å². The minimum atomic E-state index is -0.425. The Morgan fingerprint density at radius 2 is 1.58 bits per heavy atom. The molecule has 0 saturated carbocycles. The summed E-state index contributed by atoms with van der Waals surface area (Å²) in [5.74, 6) is 0.466. The molecule has 0 atom stereocenters. The van der Waals surface area contributed by atoms with Crippen molar-refractivity contribution in [1.29, 1.82) is 0 Å². The molecular formula is C27H24N4O4S. The molecule has 182 valence electrons. The lowest BCUT2D eigenvalue weighted by Gasteiger charge is -2.36. The van der Waals surface area contributed by atoms with Gasteiger partial charge in [-0.1, -0.05) is 30.3 Å². The molecule has 36 heavy (non-hydrogen) atoms. The van der Waals surface area contributed by atoms with Crippen molar-refractivity contribution >= 4 is 40.3 Å². The van der Waals surface area contributed by atoms with Crippen molar-refractivity contribution in [1.82, 2.24) is 4.90 Å². The Kier molecular flexibility index (Phi) is 6.99. The lowest BCUT2D eigenvalue weighted by atomic mass is 10.2. The van der Waals surface area contributed by atoms with Gasteiger partial charge in [0, 0.05) is 44.0 Å². The summed E-state index contributed by atoms with van der Waals surface area (Å²) >= 11 is 1.42. The summed E-state index contributed by atoms with van der Waals surface area (Å²) in [6, 6.07) is 24.1. The lowest BCUT2D eigenvalue weighted by molar-refractivity contribution is -0.384. The normalized spacial score (nSPS) is 16.8. The number of amides is 1. The van der Waals surface area contributed by atoms with E-state index in [0.717, 1.165) is 42.5 Å². The van der Waals surface area contributed by atoms with E-state index in [0.29, 0.717) is 17.3 Å². The second-order valence-corrected chi connectivity index (χ2v) is 9.41. The SMILES string of the molecule is O=C1N=C(N2CCN(c3ccccc3)CC2)SC1=Cc1ccc(OCc2ccc([N+](=O)[O-])cc2)cc1. The molecule has 0 radical (unpaired) electrons. The predicted octanol–water partition coefficient (Wildman–Crippen LogP) is 4.97. The van der Waals surface area contributed by atoms with Gasteiger partial charge in [-0.25, -0.2) is 0 Å². The number of ether oxygens (including phenoxy) is 1. The topological polar surface area (TPSA) is 88.3 Å². The highest BCUT2D eigenvalue weighted by molar-refractivity contribution is 8.18. The highest BCUT2D eigenvalue weighted by atomic mass is 32.2. The molecule has 2 aliphatic rings. The molecule has 2 aliphatic heterocycles. The van der Waals surface area contributed by atoms with Crippen molar-refractivity contribution in [2.75, 3.05) is 31.1 Å². The molecule has 1 fully saturated rings.